The molecule has 0 saturated carbocycles. The van der Waals surface area contributed by atoms with Crippen LogP contribution in [0.5, 0.6) is 0 Å². The number of benzene rings is 2. The van der Waals surface area contributed by atoms with E-state index in [2.05, 4.69) is 7.11 Å². The van der Waals surface area contributed by atoms with Crippen molar-refractivity contribution in [3.05, 3.63) is 78.9 Å². The number of rotatable bonds is 5. The molecular formula is C15H15O2. The zero-order valence-electron chi connectivity index (χ0n) is 9.58. The summed E-state index contributed by atoms with van der Waals surface area (Å²) in [6, 6.07) is 19.8. The fraction of sp³-hybridized carbons (Fsp3) is 0.133. The summed E-state index contributed by atoms with van der Waals surface area (Å²) in [6.45, 7) is 0.510. The minimum absolute atomic E-state index is 0.420. The van der Waals surface area contributed by atoms with Gasteiger partial charge in [0.25, 0.3) is 0 Å². The molecule has 2 heteroatoms. The summed E-state index contributed by atoms with van der Waals surface area (Å²) in [7, 11) is 3.45. The van der Waals surface area contributed by atoms with Crippen molar-refractivity contribution in [3.63, 3.8) is 0 Å². The first-order chi connectivity index (χ1) is 8.40. The van der Waals surface area contributed by atoms with Crippen molar-refractivity contribution >= 4 is 0 Å². The fourth-order valence-corrected chi connectivity index (χ4v) is 1.60. The molecule has 0 saturated heterocycles. The van der Waals surface area contributed by atoms with Gasteiger partial charge in [-0.25, -0.2) is 0 Å². The van der Waals surface area contributed by atoms with E-state index in [1.807, 2.05) is 60.7 Å². The Morgan fingerprint density at radius 3 is 2.06 bits per heavy atom. The van der Waals surface area contributed by atoms with Crippen molar-refractivity contribution in [3.8, 4) is 0 Å². The minimum Gasteiger partial charge on any atom is -0.346 e. The van der Waals surface area contributed by atoms with Gasteiger partial charge in [0.2, 0.25) is 0 Å². The van der Waals surface area contributed by atoms with Gasteiger partial charge in [-0.05, 0) is 5.56 Å². The van der Waals surface area contributed by atoms with Gasteiger partial charge in [0.1, 0.15) is 0 Å². The first kappa shape index (κ1) is 11.8. The zero-order valence-corrected chi connectivity index (χ0v) is 9.58. The van der Waals surface area contributed by atoms with Crippen molar-refractivity contribution in [1.82, 2.24) is 0 Å². The average molecular weight is 227 g/mol. The molecule has 2 rings (SSSR count). The summed E-state index contributed by atoms with van der Waals surface area (Å²) in [4.78, 5) is 0. The maximum Gasteiger partial charge on any atom is 0.184 e. The zero-order chi connectivity index (χ0) is 11.9. The largest absolute Gasteiger partial charge is 0.346 e. The van der Waals surface area contributed by atoms with Gasteiger partial charge in [0.15, 0.2) is 6.29 Å². The van der Waals surface area contributed by atoms with Gasteiger partial charge in [-0.1, -0.05) is 60.7 Å². The summed E-state index contributed by atoms with van der Waals surface area (Å²) in [5, 5.41) is 0. The van der Waals surface area contributed by atoms with E-state index in [0.29, 0.717) is 6.61 Å². The molecule has 0 bridgehead atoms. The topological polar surface area (TPSA) is 18.5 Å². The summed E-state index contributed by atoms with van der Waals surface area (Å²) in [6.07, 6.45) is -0.420. The Labute approximate surface area is 102 Å². The van der Waals surface area contributed by atoms with Gasteiger partial charge in [-0.3, -0.25) is 0 Å². The molecule has 0 N–H and O–H groups in total. The molecule has 0 heterocycles. The normalized spacial score (nSPS) is 12.3. The van der Waals surface area contributed by atoms with Crippen molar-refractivity contribution in [2.75, 3.05) is 0 Å². The average Bonchev–Trinajstić information content (AvgIpc) is 2.42. The van der Waals surface area contributed by atoms with E-state index in [0.717, 1.165) is 11.1 Å². The van der Waals surface area contributed by atoms with Crippen molar-refractivity contribution < 1.29 is 9.47 Å². The molecule has 17 heavy (non-hydrogen) atoms. The lowest BCUT2D eigenvalue weighted by Gasteiger charge is -2.16. The second kappa shape index (κ2) is 6.18. The Bertz CT molecular complexity index is 425. The molecule has 1 radical (unpaired) electrons. The highest BCUT2D eigenvalue weighted by molar-refractivity contribution is 5.17. The van der Waals surface area contributed by atoms with Crippen LogP contribution in [0.1, 0.15) is 17.4 Å². The van der Waals surface area contributed by atoms with Crippen molar-refractivity contribution in [1.29, 1.82) is 0 Å². The number of ether oxygens (including phenoxy) is 2. The summed E-state index contributed by atoms with van der Waals surface area (Å²) in [5.41, 5.74) is 2.09. The molecular weight excluding hydrogens is 212 g/mol. The monoisotopic (exact) mass is 227 g/mol. The van der Waals surface area contributed by atoms with Crippen LogP contribution in [0.25, 0.3) is 0 Å². The SMILES string of the molecule is [CH2]OC(OCc1ccccc1)c1ccccc1. The molecule has 87 valence electrons. The Morgan fingerprint density at radius 1 is 0.882 bits per heavy atom. The molecule has 2 aromatic carbocycles. The first-order valence-corrected chi connectivity index (χ1v) is 5.51. The highest BCUT2D eigenvalue weighted by Crippen LogP contribution is 2.19. The molecule has 1 unspecified atom stereocenters. The van der Waals surface area contributed by atoms with Crippen molar-refractivity contribution in [2.45, 2.75) is 12.9 Å². The predicted octanol–water partition coefficient (Wildman–Crippen LogP) is 3.71. The Balaban J connectivity index is 1.97. The Kier molecular flexibility index (Phi) is 4.30. The summed E-state index contributed by atoms with van der Waals surface area (Å²) < 4.78 is 10.8. The van der Waals surface area contributed by atoms with Crippen LogP contribution in [-0.4, -0.2) is 0 Å². The minimum atomic E-state index is -0.420. The first-order valence-electron chi connectivity index (χ1n) is 5.51. The lowest BCUT2D eigenvalue weighted by Crippen LogP contribution is -2.05. The molecule has 0 aliphatic carbocycles. The smallest absolute Gasteiger partial charge is 0.184 e. The van der Waals surface area contributed by atoms with Crippen LogP contribution < -0.4 is 0 Å². The second-order valence-corrected chi connectivity index (χ2v) is 3.71. The van der Waals surface area contributed by atoms with Crippen LogP contribution in [0.15, 0.2) is 60.7 Å². The third kappa shape index (κ3) is 3.41. The fourth-order valence-electron chi connectivity index (χ4n) is 1.60. The molecule has 2 aromatic rings. The van der Waals surface area contributed by atoms with Crippen LogP contribution in [-0.2, 0) is 16.1 Å². The van der Waals surface area contributed by atoms with E-state index in [-0.39, 0.29) is 0 Å². The quantitative estimate of drug-likeness (QED) is 0.725. The lowest BCUT2D eigenvalue weighted by molar-refractivity contribution is -0.121. The maximum atomic E-state index is 5.68. The molecule has 0 aliphatic rings. The van der Waals surface area contributed by atoms with E-state index in [4.69, 9.17) is 9.47 Å². The van der Waals surface area contributed by atoms with Gasteiger partial charge in [0.05, 0.1) is 13.7 Å². The van der Waals surface area contributed by atoms with Crippen LogP contribution >= 0.6 is 0 Å². The van der Waals surface area contributed by atoms with Gasteiger partial charge in [-0.15, -0.1) is 0 Å². The van der Waals surface area contributed by atoms with E-state index in [1.165, 1.54) is 0 Å². The van der Waals surface area contributed by atoms with Crippen LogP contribution in [0, 0.1) is 7.11 Å². The molecule has 0 fully saturated rings. The van der Waals surface area contributed by atoms with E-state index < -0.39 is 6.29 Å². The van der Waals surface area contributed by atoms with E-state index in [1.54, 1.807) is 0 Å². The van der Waals surface area contributed by atoms with Crippen LogP contribution in [0.2, 0.25) is 0 Å². The predicted molar refractivity (Wildman–Crippen MR) is 66.9 cm³/mol. The third-order valence-corrected chi connectivity index (χ3v) is 2.47. The van der Waals surface area contributed by atoms with E-state index >= 15 is 0 Å². The van der Waals surface area contributed by atoms with E-state index in [9.17, 15) is 0 Å². The third-order valence-electron chi connectivity index (χ3n) is 2.47. The molecule has 0 aromatic heterocycles. The number of hydrogen-bond donors (Lipinski definition) is 0. The van der Waals surface area contributed by atoms with Crippen molar-refractivity contribution in [2.24, 2.45) is 0 Å². The standard InChI is InChI=1S/C15H15O2/c1-16-15(14-10-6-3-7-11-14)17-12-13-8-4-2-5-9-13/h2-11,15H,1,12H2. The van der Waals surface area contributed by atoms with Gasteiger partial charge in [0, 0.05) is 5.56 Å². The Morgan fingerprint density at radius 2 is 1.47 bits per heavy atom. The number of hydrogen-bond acceptors (Lipinski definition) is 2. The molecule has 0 aliphatic heterocycles. The lowest BCUT2D eigenvalue weighted by atomic mass is 10.2. The van der Waals surface area contributed by atoms with Gasteiger partial charge < -0.3 is 9.47 Å². The molecule has 0 amide bonds. The summed E-state index contributed by atoms with van der Waals surface area (Å²) in [5.74, 6) is 0. The second-order valence-electron chi connectivity index (χ2n) is 3.71. The summed E-state index contributed by atoms with van der Waals surface area (Å²) >= 11 is 0. The highest BCUT2D eigenvalue weighted by atomic mass is 16.7. The Hall–Kier alpha value is -1.64. The van der Waals surface area contributed by atoms with Crippen LogP contribution in [0.3, 0.4) is 0 Å². The van der Waals surface area contributed by atoms with Crippen LogP contribution in [0.4, 0.5) is 0 Å². The van der Waals surface area contributed by atoms with Gasteiger partial charge in [-0.2, -0.15) is 0 Å². The van der Waals surface area contributed by atoms with Gasteiger partial charge >= 0.3 is 0 Å². The molecule has 1 atom stereocenters. The molecule has 0 spiro atoms. The maximum absolute atomic E-state index is 5.68. The highest BCUT2D eigenvalue weighted by Gasteiger charge is 2.09. The molecule has 2 nitrogen and oxygen atoms in total.